The molecule has 0 aliphatic rings. The van der Waals surface area contributed by atoms with Crippen LogP contribution in [0.5, 0.6) is 0 Å². The predicted molar refractivity (Wildman–Crippen MR) is 68.3 cm³/mol. The second-order valence-electron chi connectivity index (χ2n) is 3.93. The van der Waals surface area contributed by atoms with Gasteiger partial charge in [0.2, 0.25) is 0 Å². The molecule has 0 aromatic rings. The van der Waals surface area contributed by atoms with Crippen LogP contribution in [0.1, 0.15) is 34.1 Å². The van der Waals surface area contributed by atoms with Gasteiger partial charge >= 0.3 is 91.2 Å². The Labute approximate surface area is 104 Å². The Kier molecular flexibility index (Phi) is 9.42. The fourth-order valence-corrected chi connectivity index (χ4v) is 3.45. The van der Waals surface area contributed by atoms with Gasteiger partial charge in [0.1, 0.15) is 0 Å². The first kappa shape index (κ1) is 18.4. The Morgan fingerprint density at radius 3 is 2.00 bits per heavy atom. The average molecular weight is 273 g/mol. The van der Waals surface area contributed by atoms with Crippen LogP contribution in [-0.4, -0.2) is 33.1 Å². The van der Waals surface area contributed by atoms with Gasteiger partial charge in [0.05, 0.1) is 0 Å². The molecule has 0 bridgehead atoms. The van der Waals surface area contributed by atoms with E-state index in [2.05, 4.69) is 0 Å². The summed E-state index contributed by atoms with van der Waals surface area (Å²) in [6.45, 7) is 7.57. The van der Waals surface area contributed by atoms with Gasteiger partial charge in [-0.05, 0) is 0 Å². The number of rotatable bonds is 6. The number of nitriles is 1. The van der Waals surface area contributed by atoms with Crippen molar-refractivity contribution < 1.29 is 14.3 Å². The molecule has 0 aromatic carbocycles. The van der Waals surface area contributed by atoms with Crippen LogP contribution in [-0.2, 0) is 4.52 Å². The fourth-order valence-electron chi connectivity index (χ4n) is 1.58. The molecule has 0 aliphatic heterocycles. The molecular weight excluding hydrogens is 251 g/mol. The maximum absolute atomic E-state index is 9.83. The van der Waals surface area contributed by atoms with Gasteiger partial charge in [-0.3, -0.25) is 0 Å². The Morgan fingerprint density at radius 2 is 1.69 bits per heavy atom. The van der Waals surface area contributed by atoms with E-state index in [0.29, 0.717) is 0 Å². The number of hydrogen-bond acceptors (Lipinski definition) is 5. The Bertz CT molecular complexity index is 223. The number of halogens is 1. The van der Waals surface area contributed by atoms with Crippen LogP contribution < -0.4 is 0 Å². The molecule has 0 radical (unpaired) electrons. The van der Waals surface area contributed by atoms with Crippen molar-refractivity contribution in [2.75, 3.05) is 6.61 Å². The van der Waals surface area contributed by atoms with Crippen molar-refractivity contribution in [1.82, 2.24) is 4.67 Å². The van der Waals surface area contributed by atoms with Crippen molar-refractivity contribution in [2.24, 2.45) is 0 Å². The van der Waals surface area contributed by atoms with Gasteiger partial charge in [-0.15, -0.1) is 12.4 Å². The summed E-state index contributed by atoms with van der Waals surface area (Å²) in [5, 5.41) is 8.33. The summed E-state index contributed by atoms with van der Waals surface area (Å²) < 4.78 is 6.57. The summed E-state index contributed by atoms with van der Waals surface area (Å²) >= 11 is 0. The smallest absolute Gasteiger partial charge is 0.147 e. The van der Waals surface area contributed by atoms with Crippen LogP contribution in [0, 0.1) is 11.3 Å². The molecule has 0 spiro atoms. The minimum atomic E-state index is -3.81. The van der Waals surface area contributed by atoms with Gasteiger partial charge in [-0.25, -0.2) is 0 Å². The van der Waals surface area contributed by atoms with Gasteiger partial charge in [0, 0.05) is 0 Å². The van der Waals surface area contributed by atoms with Crippen molar-refractivity contribution in [2.45, 2.75) is 46.2 Å². The zero-order valence-electron chi connectivity index (χ0n) is 10.2. The molecule has 0 aromatic heterocycles. The van der Waals surface area contributed by atoms with Crippen molar-refractivity contribution in [3.63, 3.8) is 0 Å². The van der Waals surface area contributed by atoms with E-state index < -0.39 is 8.09 Å². The largest absolute Gasteiger partial charge is 0.147 e. The zero-order valence-corrected chi connectivity index (χ0v) is 12.0. The Balaban J connectivity index is 0. The van der Waals surface area contributed by atoms with Gasteiger partial charge in [0.15, 0.2) is 0 Å². The third kappa shape index (κ3) is 5.95. The third-order valence-corrected chi connectivity index (χ3v) is 4.26. The van der Waals surface area contributed by atoms with E-state index in [9.17, 15) is 9.79 Å². The molecule has 0 atom stereocenters. The van der Waals surface area contributed by atoms with Crippen molar-refractivity contribution in [3.8, 4) is 6.07 Å². The molecular formula is C9H22ClN2O3P. The first-order valence-corrected chi connectivity index (χ1v) is 6.82. The van der Waals surface area contributed by atoms with Crippen LogP contribution >= 0.6 is 20.5 Å². The summed E-state index contributed by atoms with van der Waals surface area (Å²) in [5.41, 5.74) is 0. The molecule has 0 fully saturated rings. The molecule has 0 rings (SSSR count). The van der Waals surface area contributed by atoms with Crippen LogP contribution in [0.25, 0.3) is 0 Å². The van der Waals surface area contributed by atoms with Crippen molar-refractivity contribution >= 4 is 20.5 Å². The zero-order chi connectivity index (χ0) is 12.1. The van der Waals surface area contributed by atoms with Crippen molar-refractivity contribution in [3.05, 3.63) is 0 Å². The molecule has 0 aliphatic carbocycles. The molecule has 0 amide bonds. The topological polar surface area (TPSA) is 76.7 Å². The second kappa shape index (κ2) is 8.19. The molecule has 16 heavy (non-hydrogen) atoms. The summed E-state index contributed by atoms with van der Waals surface area (Å²) in [7, 11) is -3.81. The Hall–Kier alpha value is 0.0500. The molecule has 0 heterocycles. The molecule has 0 saturated carbocycles. The Morgan fingerprint density at radius 1 is 1.25 bits per heavy atom. The van der Waals surface area contributed by atoms with Crippen LogP contribution in [0.4, 0.5) is 0 Å². The van der Waals surface area contributed by atoms with Gasteiger partial charge in [-0.2, -0.15) is 0 Å². The maximum Gasteiger partial charge on any atom is -0.147 e. The van der Waals surface area contributed by atoms with Crippen molar-refractivity contribution in [1.29, 1.82) is 5.26 Å². The summed E-state index contributed by atoms with van der Waals surface area (Å²) in [4.78, 5) is 19.7. The third-order valence-electron chi connectivity index (χ3n) is 1.96. The van der Waals surface area contributed by atoms with E-state index in [4.69, 9.17) is 9.79 Å². The van der Waals surface area contributed by atoms with Crippen LogP contribution in [0.3, 0.4) is 0 Å². The minimum Gasteiger partial charge on any atom is -0.147 e. The van der Waals surface area contributed by atoms with E-state index in [1.54, 1.807) is 4.67 Å². The predicted octanol–water partition coefficient (Wildman–Crippen LogP) is 1.85. The monoisotopic (exact) mass is 272 g/mol. The van der Waals surface area contributed by atoms with E-state index in [-0.39, 0.29) is 37.5 Å². The first-order valence-electron chi connectivity index (χ1n) is 5.07. The molecule has 0 saturated heterocycles. The number of nitrogens with zero attached hydrogens (tertiary/aromatic N) is 2. The summed E-state index contributed by atoms with van der Waals surface area (Å²) in [6.07, 6.45) is 0.167. The maximum atomic E-state index is 9.83. The molecule has 2 N–H and O–H groups in total. The van der Waals surface area contributed by atoms with Gasteiger partial charge in [-0.1, -0.05) is 0 Å². The molecule has 5 nitrogen and oxygen atoms in total. The standard InChI is InChI=1S/C9H21N2O3P.ClH/c1-8(2)11(9(3)4)15(12,13)14-7-5-6-10;/h8-9,12-13,15H,5,7H2,1-4H3;1H. The quantitative estimate of drug-likeness (QED) is 0.570. The van der Waals surface area contributed by atoms with Gasteiger partial charge < -0.3 is 0 Å². The van der Waals surface area contributed by atoms with E-state index in [1.165, 1.54) is 0 Å². The summed E-state index contributed by atoms with van der Waals surface area (Å²) in [5.74, 6) is 0. The second-order valence-corrected chi connectivity index (χ2v) is 5.88. The van der Waals surface area contributed by atoms with Crippen LogP contribution in [0.15, 0.2) is 0 Å². The molecule has 98 valence electrons. The normalized spacial score (nSPS) is 12.8. The summed E-state index contributed by atoms with van der Waals surface area (Å²) in [6, 6.07) is 1.88. The molecule has 7 heteroatoms. The molecule has 0 unspecified atom stereocenters. The number of hydrogen-bond donors (Lipinski definition) is 2. The fraction of sp³-hybridized carbons (Fsp3) is 0.889. The van der Waals surface area contributed by atoms with E-state index >= 15 is 0 Å². The minimum absolute atomic E-state index is 0. The first-order chi connectivity index (χ1) is 6.83. The average Bonchev–Trinajstić information content (AvgIpc) is 2.01. The van der Waals surface area contributed by atoms with E-state index in [0.717, 1.165) is 0 Å². The van der Waals surface area contributed by atoms with Crippen LogP contribution in [0.2, 0.25) is 0 Å². The van der Waals surface area contributed by atoms with Gasteiger partial charge in [0.25, 0.3) is 0 Å². The van der Waals surface area contributed by atoms with E-state index in [1.807, 2.05) is 33.8 Å². The SMILES string of the molecule is CC(C)N(C(C)C)[PH](O)(O)OCCC#N.Cl.